The second kappa shape index (κ2) is 6.49. The molecule has 0 amide bonds. The molecule has 0 aromatic heterocycles. The Labute approximate surface area is 134 Å². The summed E-state index contributed by atoms with van der Waals surface area (Å²) in [5.41, 5.74) is -0.0490. The SMILES string of the molecule is Cc1c(Cl)cc(S(=O)(=O)NC2CCNCC2C)cc1[N+](=O)[O-]. The second-order valence-corrected chi connectivity index (χ2v) is 7.63. The van der Waals surface area contributed by atoms with Crippen molar-refractivity contribution in [1.82, 2.24) is 10.0 Å². The van der Waals surface area contributed by atoms with Gasteiger partial charge in [0.2, 0.25) is 10.0 Å². The fourth-order valence-electron chi connectivity index (χ4n) is 2.44. The predicted octanol–water partition coefficient (Wildman–Crippen LogP) is 1.83. The summed E-state index contributed by atoms with van der Waals surface area (Å²) in [7, 11) is -3.85. The van der Waals surface area contributed by atoms with Crippen LogP contribution in [0.1, 0.15) is 18.9 Å². The Kier molecular flexibility index (Phi) is 5.06. The average Bonchev–Trinajstić information content (AvgIpc) is 2.43. The van der Waals surface area contributed by atoms with Crippen molar-refractivity contribution in [3.63, 3.8) is 0 Å². The first-order valence-corrected chi connectivity index (χ1v) is 8.76. The van der Waals surface area contributed by atoms with E-state index in [0.717, 1.165) is 19.2 Å². The minimum absolute atomic E-state index is 0.0629. The second-order valence-electron chi connectivity index (χ2n) is 5.50. The predicted molar refractivity (Wildman–Crippen MR) is 83.6 cm³/mol. The van der Waals surface area contributed by atoms with Gasteiger partial charge in [-0.1, -0.05) is 18.5 Å². The van der Waals surface area contributed by atoms with Gasteiger partial charge in [0.25, 0.3) is 5.69 Å². The molecule has 0 bridgehead atoms. The Morgan fingerprint density at radius 1 is 1.45 bits per heavy atom. The van der Waals surface area contributed by atoms with Gasteiger partial charge < -0.3 is 5.32 Å². The first-order chi connectivity index (χ1) is 10.2. The fourth-order valence-corrected chi connectivity index (χ4v) is 4.15. The molecule has 1 aromatic rings. The van der Waals surface area contributed by atoms with Gasteiger partial charge in [0.05, 0.1) is 14.8 Å². The third-order valence-corrected chi connectivity index (χ3v) is 5.75. The minimum atomic E-state index is -3.85. The van der Waals surface area contributed by atoms with Gasteiger partial charge in [-0.3, -0.25) is 10.1 Å². The van der Waals surface area contributed by atoms with Crippen LogP contribution in [-0.2, 0) is 10.0 Å². The van der Waals surface area contributed by atoms with Gasteiger partial charge in [0.1, 0.15) is 0 Å². The van der Waals surface area contributed by atoms with E-state index in [1.165, 1.54) is 13.0 Å². The van der Waals surface area contributed by atoms with E-state index >= 15 is 0 Å². The summed E-state index contributed by atoms with van der Waals surface area (Å²) in [6.45, 7) is 4.89. The fraction of sp³-hybridized carbons (Fsp3) is 0.538. The van der Waals surface area contributed by atoms with Crippen LogP contribution in [0.5, 0.6) is 0 Å². The van der Waals surface area contributed by atoms with Crippen molar-refractivity contribution >= 4 is 27.3 Å². The number of benzene rings is 1. The molecular formula is C13H18ClN3O4S. The van der Waals surface area contributed by atoms with E-state index in [0.29, 0.717) is 6.42 Å². The molecule has 1 aliphatic heterocycles. The maximum absolute atomic E-state index is 12.5. The van der Waals surface area contributed by atoms with E-state index in [1.807, 2.05) is 6.92 Å². The zero-order chi connectivity index (χ0) is 16.5. The quantitative estimate of drug-likeness (QED) is 0.639. The highest BCUT2D eigenvalue weighted by molar-refractivity contribution is 7.89. The highest BCUT2D eigenvalue weighted by Gasteiger charge is 2.28. The number of nitro benzene ring substituents is 1. The molecule has 1 saturated heterocycles. The van der Waals surface area contributed by atoms with E-state index in [1.54, 1.807) is 0 Å². The lowest BCUT2D eigenvalue weighted by atomic mass is 9.97. The monoisotopic (exact) mass is 347 g/mol. The summed E-state index contributed by atoms with van der Waals surface area (Å²) in [5, 5.41) is 14.3. The number of hydrogen-bond donors (Lipinski definition) is 2. The Bertz CT molecular complexity index is 693. The lowest BCUT2D eigenvalue weighted by Gasteiger charge is -2.29. The van der Waals surface area contributed by atoms with Crippen LogP contribution >= 0.6 is 11.6 Å². The van der Waals surface area contributed by atoms with E-state index in [2.05, 4.69) is 10.0 Å². The molecule has 7 nitrogen and oxygen atoms in total. The van der Waals surface area contributed by atoms with Crippen LogP contribution in [0.4, 0.5) is 5.69 Å². The van der Waals surface area contributed by atoms with E-state index < -0.39 is 14.9 Å². The number of nitro groups is 1. The minimum Gasteiger partial charge on any atom is -0.316 e. The molecule has 1 aromatic carbocycles. The van der Waals surface area contributed by atoms with Crippen LogP contribution < -0.4 is 10.0 Å². The van der Waals surface area contributed by atoms with Gasteiger partial charge in [-0.25, -0.2) is 13.1 Å². The molecule has 1 heterocycles. The van der Waals surface area contributed by atoms with Crippen molar-refractivity contribution in [3.8, 4) is 0 Å². The lowest BCUT2D eigenvalue weighted by Crippen LogP contribution is -2.48. The van der Waals surface area contributed by atoms with Crippen LogP contribution in [0.25, 0.3) is 0 Å². The number of piperidine rings is 1. The Balaban J connectivity index is 2.35. The molecule has 0 radical (unpaired) electrons. The van der Waals surface area contributed by atoms with Crippen LogP contribution in [0.2, 0.25) is 5.02 Å². The summed E-state index contributed by atoms with van der Waals surface area (Å²) < 4.78 is 27.6. The zero-order valence-corrected chi connectivity index (χ0v) is 13.9. The summed E-state index contributed by atoms with van der Waals surface area (Å²) in [6.07, 6.45) is 0.669. The van der Waals surface area contributed by atoms with Gasteiger partial charge >= 0.3 is 0 Å². The largest absolute Gasteiger partial charge is 0.316 e. The highest BCUT2D eigenvalue weighted by Crippen LogP contribution is 2.30. The molecule has 9 heteroatoms. The van der Waals surface area contributed by atoms with E-state index in [9.17, 15) is 18.5 Å². The first-order valence-electron chi connectivity index (χ1n) is 6.90. The van der Waals surface area contributed by atoms with Gasteiger partial charge in [0, 0.05) is 17.7 Å². The standard InChI is InChI=1S/C13H18ClN3O4S/c1-8-7-15-4-3-12(8)16-22(20,21)10-5-11(14)9(2)13(6-10)17(18)19/h5-6,8,12,15-16H,3-4,7H2,1-2H3. The van der Waals surface area contributed by atoms with Crippen molar-refractivity contribution in [2.45, 2.75) is 31.2 Å². The molecule has 2 N–H and O–H groups in total. The number of sulfonamides is 1. The summed E-state index contributed by atoms with van der Waals surface area (Å²) in [4.78, 5) is 10.2. The molecule has 2 rings (SSSR count). The van der Waals surface area contributed by atoms with E-state index in [-0.39, 0.29) is 33.1 Å². The Morgan fingerprint density at radius 2 is 2.14 bits per heavy atom. The molecule has 0 saturated carbocycles. The van der Waals surface area contributed by atoms with E-state index in [4.69, 9.17) is 11.6 Å². The van der Waals surface area contributed by atoms with Crippen LogP contribution in [0.3, 0.4) is 0 Å². The first kappa shape index (κ1) is 17.1. The number of rotatable bonds is 4. The molecule has 2 unspecified atom stereocenters. The van der Waals surface area contributed by atoms with Gasteiger partial charge in [-0.2, -0.15) is 0 Å². The number of halogens is 1. The molecule has 122 valence electrons. The molecule has 2 atom stereocenters. The average molecular weight is 348 g/mol. The van der Waals surface area contributed by atoms with Crippen molar-refractivity contribution < 1.29 is 13.3 Å². The van der Waals surface area contributed by atoms with Crippen LogP contribution in [-0.4, -0.2) is 32.5 Å². The summed E-state index contributed by atoms with van der Waals surface area (Å²) >= 11 is 5.93. The number of nitrogens with zero attached hydrogens (tertiary/aromatic N) is 1. The third kappa shape index (κ3) is 3.57. The summed E-state index contributed by atoms with van der Waals surface area (Å²) in [6, 6.07) is 2.10. The van der Waals surface area contributed by atoms with Crippen molar-refractivity contribution in [1.29, 1.82) is 0 Å². The molecule has 22 heavy (non-hydrogen) atoms. The van der Waals surface area contributed by atoms with Crippen molar-refractivity contribution in [3.05, 3.63) is 32.8 Å². The molecule has 1 fully saturated rings. The maximum Gasteiger partial charge on any atom is 0.275 e. The Hall–Kier alpha value is -1.22. The molecule has 0 spiro atoms. The van der Waals surface area contributed by atoms with Crippen molar-refractivity contribution in [2.75, 3.05) is 13.1 Å². The normalized spacial score (nSPS) is 22.5. The smallest absolute Gasteiger partial charge is 0.275 e. The van der Waals surface area contributed by atoms with Crippen LogP contribution in [0.15, 0.2) is 17.0 Å². The lowest BCUT2D eigenvalue weighted by molar-refractivity contribution is -0.385. The molecule has 1 aliphatic rings. The van der Waals surface area contributed by atoms with Gasteiger partial charge in [0.15, 0.2) is 0 Å². The molecular weight excluding hydrogens is 330 g/mol. The molecule has 0 aliphatic carbocycles. The highest BCUT2D eigenvalue weighted by atomic mass is 35.5. The Morgan fingerprint density at radius 3 is 2.73 bits per heavy atom. The number of nitrogens with one attached hydrogen (secondary N) is 2. The maximum atomic E-state index is 12.5. The third-order valence-electron chi connectivity index (χ3n) is 3.89. The van der Waals surface area contributed by atoms with Gasteiger partial charge in [-0.05, 0) is 38.4 Å². The number of hydrogen-bond acceptors (Lipinski definition) is 5. The topological polar surface area (TPSA) is 101 Å². The van der Waals surface area contributed by atoms with Crippen molar-refractivity contribution in [2.24, 2.45) is 5.92 Å². The van der Waals surface area contributed by atoms with Crippen LogP contribution in [0, 0.1) is 23.0 Å². The zero-order valence-electron chi connectivity index (χ0n) is 12.3. The van der Waals surface area contributed by atoms with Gasteiger partial charge in [-0.15, -0.1) is 0 Å². The summed E-state index contributed by atoms with van der Waals surface area (Å²) in [5.74, 6) is 0.138.